The summed E-state index contributed by atoms with van der Waals surface area (Å²) in [7, 11) is 0. The van der Waals surface area contributed by atoms with Crippen LogP contribution in [0.25, 0.3) is 0 Å². The maximum absolute atomic E-state index is 10.7. The van der Waals surface area contributed by atoms with Crippen molar-refractivity contribution in [2.75, 3.05) is 19.6 Å². The largest absolute Gasteiger partial charge is 0.411 e. The van der Waals surface area contributed by atoms with E-state index in [1.54, 1.807) is 6.20 Å². The molecule has 0 aliphatic carbocycles. The number of hydrogen-bond donors (Lipinski definition) is 1. The van der Waals surface area contributed by atoms with Gasteiger partial charge in [-0.1, -0.05) is 53.7 Å². The van der Waals surface area contributed by atoms with Crippen LogP contribution in [0.4, 0.5) is 0 Å². The molecule has 1 aliphatic heterocycles. The number of benzene rings is 2. The van der Waals surface area contributed by atoms with Gasteiger partial charge in [-0.05, 0) is 48.2 Å². The molecule has 1 N–H and O–H groups in total. The normalized spacial score (nSPS) is 15.9. The second kappa shape index (κ2) is 9.88. The monoisotopic (exact) mass is 427 g/mol. The number of oxime groups is 1. The lowest BCUT2D eigenvalue weighted by atomic mass is 9.82. The van der Waals surface area contributed by atoms with Gasteiger partial charge in [0.2, 0.25) is 0 Å². The highest BCUT2D eigenvalue weighted by atomic mass is 16.4. The third-order valence-electron chi connectivity index (χ3n) is 6.41. The molecule has 1 unspecified atom stereocenters. The zero-order valence-corrected chi connectivity index (χ0v) is 18.6. The molecule has 4 rings (SSSR count). The Kier molecular flexibility index (Phi) is 6.76. The van der Waals surface area contributed by atoms with Gasteiger partial charge >= 0.3 is 0 Å². The summed E-state index contributed by atoms with van der Waals surface area (Å²) in [6.45, 7) is 6.44. The highest BCUT2D eigenvalue weighted by molar-refractivity contribution is 6.01. The highest BCUT2D eigenvalue weighted by Crippen LogP contribution is 2.34. The Labute approximate surface area is 189 Å². The summed E-state index contributed by atoms with van der Waals surface area (Å²) in [6, 6.07) is 21.0. The SMILES string of the molecule is Cc1cc(C(CC(c2ccc(C3CN(CC=O)C3)cc2)c2ccccc2C)=NO)ccn1. The fourth-order valence-electron chi connectivity index (χ4n) is 4.56. The van der Waals surface area contributed by atoms with Crippen molar-refractivity contribution in [3.63, 3.8) is 0 Å². The summed E-state index contributed by atoms with van der Waals surface area (Å²) >= 11 is 0. The molecule has 0 amide bonds. The van der Waals surface area contributed by atoms with Crippen molar-refractivity contribution in [1.29, 1.82) is 0 Å². The molecule has 2 aromatic carbocycles. The van der Waals surface area contributed by atoms with Gasteiger partial charge in [-0.2, -0.15) is 0 Å². The van der Waals surface area contributed by atoms with Gasteiger partial charge in [-0.15, -0.1) is 0 Å². The highest BCUT2D eigenvalue weighted by Gasteiger charge is 2.28. The Hall–Kier alpha value is -3.31. The van der Waals surface area contributed by atoms with Crippen molar-refractivity contribution in [3.8, 4) is 0 Å². The zero-order chi connectivity index (χ0) is 22.5. The van der Waals surface area contributed by atoms with Gasteiger partial charge in [-0.3, -0.25) is 9.88 Å². The van der Waals surface area contributed by atoms with Crippen LogP contribution in [0.2, 0.25) is 0 Å². The number of rotatable bonds is 8. The number of carbonyl (C=O) groups excluding carboxylic acids is 1. The number of aryl methyl sites for hydroxylation is 2. The van der Waals surface area contributed by atoms with Gasteiger partial charge in [-0.25, -0.2) is 0 Å². The van der Waals surface area contributed by atoms with E-state index in [1.807, 2.05) is 25.1 Å². The van der Waals surface area contributed by atoms with Gasteiger partial charge in [0.1, 0.15) is 6.29 Å². The van der Waals surface area contributed by atoms with Crippen LogP contribution in [0, 0.1) is 13.8 Å². The van der Waals surface area contributed by atoms with E-state index in [-0.39, 0.29) is 5.92 Å². The van der Waals surface area contributed by atoms with E-state index in [4.69, 9.17) is 0 Å². The summed E-state index contributed by atoms with van der Waals surface area (Å²) < 4.78 is 0. The average Bonchev–Trinajstić information content (AvgIpc) is 2.78. The van der Waals surface area contributed by atoms with E-state index in [9.17, 15) is 10.0 Å². The first-order valence-corrected chi connectivity index (χ1v) is 11.0. The first kappa shape index (κ1) is 21.9. The summed E-state index contributed by atoms with van der Waals surface area (Å²) in [5, 5.41) is 13.5. The molecule has 1 atom stereocenters. The number of aldehydes is 1. The molecule has 2 heterocycles. The number of likely N-dealkylation sites (tertiary alicyclic amines) is 1. The summed E-state index contributed by atoms with van der Waals surface area (Å²) in [5.41, 5.74) is 7.38. The molecule has 32 heavy (non-hydrogen) atoms. The molecule has 0 radical (unpaired) electrons. The van der Waals surface area contributed by atoms with Crippen LogP contribution in [-0.4, -0.2) is 46.7 Å². The molecule has 1 saturated heterocycles. The van der Waals surface area contributed by atoms with E-state index < -0.39 is 0 Å². The molecule has 5 heteroatoms. The molecule has 0 bridgehead atoms. The van der Waals surface area contributed by atoms with E-state index in [0.717, 1.165) is 30.6 Å². The molecule has 1 aliphatic rings. The Bertz CT molecular complexity index is 1100. The smallest absolute Gasteiger partial charge is 0.133 e. The molecular weight excluding hydrogens is 398 g/mol. The minimum absolute atomic E-state index is 0.0672. The lowest BCUT2D eigenvalue weighted by Crippen LogP contribution is -2.45. The number of aromatic nitrogens is 1. The Morgan fingerprint density at radius 3 is 2.56 bits per heavy atom. The maximum Gasteiger partial charge on any atom is 0.133 e. The first-order valence-electron chi connectivity index (χ1n) is 11.0. The van der Waals surface area contributed by atoms with Crippen molar-refractivity contribution in [2.24, 2.45) is 5.16 Å². The molecular formula is C27H29N3O2. The molecule has 1 fully saturated rings. The third-order valence-corrected chi connectivity index (χ3v) is 6.41. The van der Waals surface area contributed by atoms with E-state index in [1.165, 1.54) is 22.3 Å². The van der Waals surface area contributed by atoms with Gasteiger partial charge in [0.15, 0.2) is 0 Å². The Morgan fingerprint density at radius 1 is 1.16 bits per heavy atom. The van der Waals surface area contributed by atoms with Crippen LogP contribution in [0.5, 0.6) is 0 Å². The van der Waals surface area contributed by atoms with Crippen molar-refractivity contribution in [3.05, 3.63) is 100 Å². The van der Waals surface area contributed by atoms with Gasteiger partial charge < -0.3 is 10.0 Å². The second-order valence-corrected chi connectivity index (χ2v) is 8.59. The van der Waals surface area contributed by atoms with Gasteiger partial charge in [0.05, 0.1) is 12.3 Å². The lowest BCUT2D eigenvalue weighted by Gasteiger charge is -2.38. The lowest BCUT2D eigenvalue weighted by molar-refractivity contribution is -0.109. The van der Waals surface area contributed by atoms with Crippen LogP contribution in [-0.2, 0) is 4.79 Å². The number of hydrogen-bond acceptors (Lipinski definition) is 5. The summed E-state index contributed by atoms with van der Waals surface area (Å²) in [4.78, 5) is 17.1. The Morgan fingerprint density at radius 2 is 1.91 bits per heavy atom. The second-order valence-electron chi connectivity index (χ2n) is 8.59. The molecule has 5 nitrogen and oxygen atoms in total. The quantitative estimate of drug-likeness (QED) is 0.245. The predicted molar refractivity (Wildman–Crippen MR) is 127 cm³/mol. The third kappa shape index (κ3) is 4.78. The van der Waals surface area contributed by atoms with Crippen LogP contribution in [0.1, 0.15) is 51.8 Å². The number of nitrogens with zero attached hydrogens (tertiary/aromatic N) is 3. The zero-order valence-electron chi connectivity index (χ0n) is 18.6. The number of pyridine rings is 1. The van der Waals surface area contributed by atoms with Crippen molar-refractivity contribution in [1.82, 2.24) is 9.88 Å². The fraction of sp³-hybridized carbons (Fsp3) is 0.296. The molecule has 1 aromatic heterocycles. The average molecular weight is 428 g/mol. The molecule has 164 valence electrons. The van der Waals surface area contributed by atoms with Crippen molar-refractivity contribution < 1.29 is 10.0 Å². The van der Waals surface area contributed by atoms with E-state index >= 15 is 0 Å². The molecule has 0 saturated carbocycles. The topological polar surface area (TPSA) is 65.8 Å². The van der Waals surface area contributed by atoms with Crippen molar-refractivity contribution in [2.45, 2.75) is 32.1 Å². The minimum atomic E-state index is 0.0672. The van der Waals surface area contributed by atoms with E-state index in [2.05, 4.69) is 64.4 Å². The van der Waals surface area contributed by atoms with Crippen LogP contribution in [0.3, 0.4) is 0 Å². The minimum Gasteiger partial charge on any atom is -0.411 e. The van der Waals surface area contributed by atoms with Gasteiger partial charge in [0, 0.05) is 48.8 Å². The summed E-state index contributed by atoms with van der Waals surface area (Å²) in [6.07, 6.45) is 3.30. The fourth-order valence-corrected chi connectivity index (χ4v) is 4.56. The number of carbonyl (C=O) groups is 1. The van der Waals surface area contributed by atoms with E-state index in [0.29, 0.717) is 24.6 Å². The maximum atomic E-state index is 10.7. The van der Waals surface area contributed by atoms with Gasteiger partial charge in [0.25, 0.3) is 0 Å². The first-order chi connectivity index (χ1) is 15.6. The Balaban J connectivity index is 1.62. The standard InChI is InChI=1S/C27H29N3O2/c1-19-5-3-4-6-25(19)26(16-27(29-32)23-11-12-28-20(2)15-23)22-9-7-21(8-10-22)24-17-30(18-24)13-14-31/h3-12,14-15,24,26,32H,13,16-18H2,1-2H3. The molecule has 3 aromatic rings. The van der Waals surface area contributed by atoms with Crippen LogP contribution in [0.15, 0.2) is 72.0 Å². The van der Waals surface area contributed by atoms with Crippen molar-refractivity contribution >= 4 is 12.0 Å². The molecule has 0 spiro atoms. The summed E-state index contributed by atoms with van der Waals surface area (Å²) in [5.74, 6) is 0.549. The van der Waals surface area contributed by atoms with Crippen LogP contribution < -0.4 is 0 Å². The van der Waals surface area contributed by atoms with Crippen LogP contribution >= 0.6 is 0 Å². The predicted octanol–water partition coefficient (Wildman–Crippen LogP) is 4.70.